The van der Waals surface area contributed by atoms with Gasteiger partial charge in [-0.15, -0.1) is 0 Å². The van der Waals surface area contributed by atoms with Crippen molar-refractivity contribution in [2.75, 3.05) is 13.2 Å². The van der Waals surface area contributed by atoms with Crippen molar-refractivity contribution in [1.29, 1.82) is 0 Å². The summed E-state index contributed by atoms with van der Waals surface area (Å²) in [6, 6.07) is 15.3. The van der Waals surface area contributed by atoms with Crippen molar-refractivity contribution in [2.24, 2.45) is 0 Å². The molecule has 2 atom stereocenters. The Morgan fingerprint density at radius 1 is 1.08 bits per heavy atom. The maximum atomic E-state index is 13.1. The van der Waals surface area contributed by atoms with Gasteiger partial charge < -0.3 is 10.1 Å². The Balaban J connectivity index is 1.42. The van der Waals surface area contributed by atoms with Gasteiger partial charge in [-0.05, 0) is 22.3 Å². The molecule has 6 heteroatoms. The van der Waals surface area contributed by atoms with Crippen molar-refractivity contribution in [2.45, 2.75) is 24.6 Å². The van der Waals surface area contributed by atoms with E-state index in [2.05, 4.69) is 22.8 Å². The third-order valence-electron chi connectivity index (χ3n) is 4.96. The predicted octanol–water partition coefficient (Wildman–Crippen LogP) is 2.75. The van der Waals surface area contributed by atoms with E-state index in [-0.39, 0.29) is 25.5 Å². The second-order valence-corrected chi connectivity index (χ2v) is 6.61. The van der Waals surface area contributed by atoms with Gasteiger partial charge in [0.1, 0.15) is 12.8 Å². The molecule has 2 aromatic rings. The third-order valence-corrected chi connectivity index (χ3v) is 4.96. The predicted molar refractivity (Wildman–Crippen MR) is 94.5 cm³/mol. The largest absolute Gasteiger partial charge is 0.448 e. The number of fused-ring (bicyclic) bond motifs is 3. The number of alkyl carbamates (subject to hydrolysis) is 1. The molecule has 2 aromatic carbocycles. The number of ether oxygens (including phenoxy) is 1. The number of carbonyl (C=O) groups is 2. The number of hydrogen-bond acceptors (Lipinski definition) is 4. The van der Waals surface area contributed by atoms with Crippen LogP contribution >= 0.6 is 0 Å². The van der Waals surface area contributed by atoms with Crippen molar-refractivity contribution < 1.29 is 18.7 Å². The van der Waals surface area contributed by atoms with E-state index < -0.39 is 24.2 Å². The van der Waals surface area contributed by atoms with Crippen LogP contribution in [0, 0.1) is 0 Å². The lowest BCUT2D eigenvalue weighted by atomic mass is 9.98. The molecule has 1 heterocycles. The Bertz CT molecular complexity index is 809. The van der Waals surface area contributed by atoms with Crippen molar-refractivity contribution >= 4 is 12.0 Å². The van der Waals surface area contributed by atoms with Gasteiger partial charge >= 0.3 is 6.09 Å². The normalized spacial score (nSPS) is 21.1. The number of rotatable bonds is 3. The van der Waals surface area contributed by atoms with E-state index in [1.165, 1.54) is 0 Å². The highest BCUT2D eigenvalue weighted by atomic mass is 19.1. The second kappa shape index (κ2) is 6.88. The van der Waals surface area contributed by atoms with Crippen LogP contribution in [-0.2, 0) is 9.53 Å². The van der Waals surface area contributed by atoms with Crippen LogP contribution in [0.5, 0.6) is 0 Å². The molecule has 1 aliphatic carbocycles. The summed E-state index contributed by atoms with van der Waals surface area (Å²) in [7, 11) is 0. The van der Waals surface area contributed by atoms with Crippen molar-refractivity contribution in [3.8, 4) is 11.1 Å². The number of imide groups is 1. The van der Waals surface area contributed by atoms with Gasteiger partial charge in [0.25, 0.3) is 0 Å². The van der Waals surface area contributed by atoms with Crippen LogP contribution in [-0.4, -0.2) is 37.4 Å². The summed E-state index contributed by atoms with van der Waals surface area (Å²) < 4.78 is 18.5. The van der Waals surface area contributed by atoms with Gasteiger partial charge in [-0.1, -0.05) is 48.5 Å². The van der Waals surface area contributed by atoms with Crippen LogP contribution in [0.1, 0.15) is 23.5 Å². The summed E-state index contributed by atoms with van der Waals surface area (Å²) in [5.41, 5.74) is 4.48. The Hall–Kier alpha value is -2.73. The fraction of sp³-hybridized carbons (Fsp3) is 0.300. The zero-order valence-corrected chi connectivity index (χ0v) is 14.1. The van der Waals surface area contributed by atoms with Gasteiger partial charge in [-0.25, -0.2) is 9.18 Å². The molecular formula is C20H19FN2O3. The van der Waals surface area contributed by atoms with Crippen LogP contribution in [0.15, 0.2) is 48.5 Å². The molecule has 26 heavy (non-hydrogen) atoms. The molecule has 5 nitrogen and oxygen atoms in total. The summed E-state index contributed by atoms with van der Waals surface area (Å²) in [6.07, 6.45) is -1.79. The number of carbonyl (C=O) groups excluding carboxylic acids is 2. The molecule has 0 radical (unpaired) electrons. The highest BCUT2D eigenvalue weighted by molar-refractivity contribution is 5.95. The molecule has 1 aliphatic heterocycles. The van der Waals surface area contributed by atoms with E-state index in [9.17, 15) is 14.0 Å². The van der Waals surface area contributed by atoms with Gasteiger partial charge in [0.2, 0.25) is 5.91 Å². The summed E-state index contributed by atoms with van der Waals surface area (Å²) in [5.74, 6) is -0.620. The Morgan fingerprint density at radius 3 is 2.27 bits per heavy atom. The van der Waals surface area contributed by atoms with E-state index in [0.717, 1.165) is 22.3 Å². The lowest BCUT2D eigenvalue weighted by Crippen LogP contribution is -2.43. The van der Waals surface area contributed by atoms with Gasteiger partial charge in [0.15, 0.2) is 0 Å². The van der Waals surface area contributed by atoms with E-state index in [1.807, 2.05) is 36.4 Å². The average Bonchev–Trinajstić information content (AvgIpc) is 3.22. The third kappa shape index (κ3) is 3.08. The van der Waals surface area contributed by atoms with E-state index in [0.29, 0.717) is 0 Å². The SMILES string of the molecule is O=C(NC(=O)C1CC(F)CN1)OCC1c2ccccc2-c2ccccc21. The van der Waals surface area contributed by atoms with Crippen LogP contribution < -0.4 is 10.6 Å². The van der Waals surface area contributed by atoms with Crippen LogP contribution in [0.4, 0.5) is 9.18 Å². The van der Waals surface area contributed by atoms with Crippen LogP contribution in [0.25, 0.3) is 11.1 Å². The van der Waals surface area contributed by atoms with Crippen molar-refractivity contribution in [3.05, 3.63) is 59.7 Å². The van der Waals surface area contributed by atoms with E-state index >= 15 is 0 Å². The lowest BCUT2D eigenvalue weighted by Gasteiger charge is -2.15. The van der Waals surface area contributed by atoms with Crippen LogP contribution in [0.3, 0.4) is 0 Å². The summed E-state index contributed by atoms with van der Waals surface area (Å²) in [5, 5.41) is 4.92. The monoisotopic (exact) mass is 354 g/mol. The molecule has 1 saturated heterocycles. The maximum Gasteiger partial charge on any atom is 0.413 e. The fourth-order valence-electron chi connectivity index (χ4n) is 3.71. The number of hydrogen-bond donors (Lipinski definition) is 2. The Kier molecular flexibility index (Phi) is 4.42. The number of alkyl halides is 1. The van der Waals surface area contributed by atoms with Gasteiger partial charge in [0.05, 0.1) is 6.04 Å². The first kappa shape index (κ1) is 16.7. The van der Waals surface area contributed by atoms with Gasteiger partial charge in [0, 0.05) is 18.9 Å². The number of benzene rings is 2. The number of nitrogens with one attached hydrogen (secondary N) is 2. The Labute approximate surface area is 150 Å². The zero-order chi connectivity index (χ0) is 18.1. The molecule has 2 unspecified atom stereocenters. The lowest BCUT2D eigenvalue weighted by molar-refractivity contribution is -0.122. The smallest absolute Gasteiger partial charge is 0.413 e. The Morgan fingerprint density at radius 2 is 1.69 bits per heavy atom. The molecule has 4 rings (SSSR count). The second-order valence-electron chi connectivity index (χ2n) is 6.61. The topological polar surface area (TPSA) is 67.4 Å². The molecule has 0 saturated carbocycles. The minimum absolute atomic E-state index is 0.0666. The molecule has 0 aromatic heterocycles. The summed E-state index contributed by atoms with van der Waals surface area (Å²) in [4.78, 5) is 23.9. The summed E-state index contributed by atoms with van der Waals surface area (Å²) in [6.45, 7) is 0.264. The standard InChI is InChI=1S/C20H19FN2O3/c21-12-9-18(22-10-12)19(24)23-20(25)26-11-17-15-7-3-1-5-13(15)14-6-2-4-8-16(14)17/h1-8,12,17-18,22H,9-11H2,(H,23,24,25). The molecule has 2 amide bonds. The molecule has 1 fully saturated rings. The number of halogens is 1. The first-order valence-electron chi connectivity index (χ1n) is 8.67. The highest BCUT2D eigenvalue weighted by Gasteiger charge is 2.32. The first-order valence-corrected chi connectivity index (χ1v) is 8.67. The first-order chi connectivity index (χ1) is 12.6. The zero-order valence-electron chi connectivity index (χ0n) is 14.1. The molecule has 0 spiro atoms. The van der Waals surface area contributed by atoms with E-state index in [1.54, 1.807) is 0 Å². The minimum Gasteiger partial charge on any atom is -0.448 e. The van der Waals surface area contributed by atoms with Gasteiger partial charge in [-0.2, -0.15) is 0 Å². The van der Waals surface area contributed by atoms with Crippen molar-refractivity contribution in [1.82, 2.24) is 10.6 Å². The highest BCUT2D eigenvalue weighted by Crippen LogP contribution is 2.44. The number of amides is 2. The minimum atomic E-state index is -1.06. The summed E-state index contributed by atoms with van der Waals surface area (Å²) >= 11 is 0. The molecule has 2 aliphatic rings. The molecule has 2 N–H and O–H groups in total. The molecule has 134 valence electrons. The quantitative estimate of drug-likeness (QED) is 0.889. The van der Waals surface area contributed by atoms with Crippen LogP contribution in [0.2, 0.25) is 0 Å². The molecular weight excluding hydrogens is 335 g/mol. The fourth-order valence-corrected chi connectivity index (χ4v) is 3.71. The maximum absolute atomic E-state index is 13.1. The average molecular weight is 354 g/mol. The van der Waals surface area contributed by atoms with Crippen molar-refractivity contribution in [3.63, 3.8) is 0 Å². The van der Waals surface area contributed by atoms with E-state index in [4.69, 9.17) is 4.74 Å². The van der Waals surface area contributed by atoms with Gasteiger partial charge in [-0.3, -0.25) is 10.1 Å². The molecule has 0 bridgehead atoms.